The second-order valence-corrected chi connectivity index (χ2v) is 9.25. The van der Waals surface area contributed by atoms with Crippen molar-refractivity contribution in [2.45, 2.75) is 26.9 Å². The first-order valence-corrected chi connectivity index (χ1v) is 10.7. The third-order valence-electron chi connectivity index (χ3n) is 3.71. The number of halogens is 1. The first kappa shape index (κ1) is 20.4. The number of hydrogen-bond donors (Lipinski definition) is 2. The van der Waals surface area contributed by atoms with E-state index in [0.717, 1.165) is 24.8 Å². The maximum atomic E-state index is 12.3. The molecule has 0 spiro atoms. The number of thiophene rings is 1. The molecule has 2 N–H and O–H groups in total. The highest BCUT2D eigenvalue weighted by Gasteiger charge is 2.14. The maximum Gasteiger partial charge on any atom is 0.251 e. The summed E-state index contributed by atoms with van der Waals surface area (Å²) in [5.74, 6) is -0.396. The standard InChI is InChI=1S/C18H17BrN4O3S2/c1-10-17(14-5-4-13(28-14)7-20-11(2)24)22-18(27-10)21-15(25)9-23-8-12(19)3-6-16(23)26/h3-6,8H,7,9H2,1-2H3,(H,20,24)(H,21,22,25). The Morgan fingerprint density at radius 1 is 1.21 bits per heavy atom. The minimum absolute atomic E-state index is 0.0747. The lowest BCUT2D eigenvalue weighted by Gasteiger charge is -2.05. The molecule has 0 fully saturated rings. The van der Waals surface area contributed by atoms with Crippen molar-refractivity contribution in [3.05, 3.63) is 55.0 Å². The summed E-state index contributed by atoms with van der Waals surface area (Å²) in [6, 6.07) is 6.94. The Morgan fingerprint density at radius 2 is 2.00 bits per heavy atom. The summed E-state index contributed by atoms with van der Waals surface area (Å²) in [4.78, 5) is 42.7. The molecule has 0 saturated carbocycles. The molecule has 0 aliphatic carbocycles. The zero-order chi connectivity index (χ0) is 20.3. The van der Waals surface area contributed by atoms with Crippen molar-refractivity contribution in [1.82, 2.24) is 14.9 Å². The van der Waals surface area contributed by atoms with Crippen LogP contribution in [-0.4, -0.2) is 21.4 Å². The van der Waals surface area contributed by atoms with Gasteiger partial charge >= 0.3 is 0 Å². The van der Waals surface area contributed by atoms with Crippen LogP contribution < -0.4 is 16.2 Å². The molecule has 0 aromatic carbocycles. The SMILES string of the molecule is CC(=O)NCc1ccc(-c2nc(NC(=O)Cn3cc(Br)ccc3=O)sc2C)s1. The van der Waals surface area contributed by atoms with Gasteiger partial charge in [-0.3, -0.25) is 14.4 Å². The predicted octanol–water partition coefficient (Wildman–Crippen LogP) is 3.38. The monoisotopic (exact) mass is 480 g/mol. The number of anilines is 1. The molecular weight excluding hydrogens is 464 g/mol. The number of rotatable bonds is 6. The second kappa shape index (κ2) is 8.80. The highest BCUT2D eigenvalue weighted by molar-refractivity contribution is 9.10. The second-order valence-electron chi connectivity index (χ2n) is 5.96. The van der Waals surface area contributed by atoms with E-state index in [2.05, 4.69) is 31.5 Å². The quantitative estimate of drug-likeness (QED) is 0.565. The number of hydrogen-bond acceptors (Lipinski definition) is 6. The van der Waals surface area contributed by atoms with Gasteiger partial charge < -0.3 is 15.2 Å². The van der Waals surface area contributed by atoms with Crippen molar-refractivity contribution in [3.63, 3.8) is 0 Å². The Labute approximate surface area is 177 Å². The fourth-order valence-electron chi connectivity index (χ4n) is 2.43. The number of pyridine rings is 1. The van der Waals surface area contributed by atoms with Gasteiger partial charge in [-0.05, 0) is 41.1 Å². The fourth-order valence-corrected chi connectivity index (χ4v) is 4.71. The number of aromatic nitrogens is 2. The van der Waals surface area contributed by atoms with Gasteiger partial charge in [0.15, 0.2) is 5.13 Å². The molecule has 10 heteroatoms. The molecule has 0 aliphatic rings. The van der Waals surface area contributed by atoms with E-state index in [1.807, 2.05) is 19.1 Å². The molecule has 0 unspecified atom stereocenters. The van der Waals surface area contributed by atoms with Gasteiger partial charge in [0.2, 0.25) is 11.8 Å². The predicted molar refractivity (Wildman–Crippen MR) is 115 cm³/mol. The minimum Gasteiger partial charge on any atom is -0.351 e. The zero-order valence-corrected chi connectivity index (χ0v) is 18.3. The molecular formula is C18H17BrN4O3S2. The van der Waals surface area contributed by atoms with Gasteiger partial charge in [-0.1, -0.05) is 0 Å². The van der Waals surface area contributed by atoms with E-state index in [9.17, 15) is 14.4 Å². The molecule has 0 radical (unpaired) electrons. The first-order chi connectivity index (χ1) is 13.3. The average molecular weight is 481 g/mol. The Bertz CT molecular complexity index is 1090. The lowest BCUT2D eigenvalue weighted by Crippen LogP contribution is -2.26. The highest BCUT2D eigenvalue weighted by atomic mass is 79.9. The average Bonchev–Trinajstić information content (AvgIpc) is 3.22. The normalized spacial score (nSPS) is 10.7. The van der Waals surface area contributed by atoms with E-state index in [4.69, 9.17) is 0 Å². The van der Waals surface area contributed by atoms with Crippen LogP contribution in [0.15, 0.2) is 39.7 Å². The van der Waals surface area contributed by atoms with E-state index in [0.29, 0.717) is 11.7 Å². The van der Waals surface area contributed by atoms with E-state index >= 15 is 0 Å². The van der Waals surface area contributed by atoms with Gasteiger partial charge in [-0.25, -0.2) is 4.98 Å². The number of aryl methyl sites for hydroxylation is 1. The van der Waals surface area contributed by atoms with Gasteiger partial charge in [-0.2, -0.15) is 0 Å². The summed E-state index contributed by atoms with van der Waals surface area (Å²) in [7, 11) is 0. The maximum absolute atomic E-state index is 12.3. The van der Waals surface area contributed by atoms with Crippen LogP contribution in [0.2, 0.25) is 0 Å². The summed E-state index contributed by atoms with van der Waals surface area (Å²) in [6.07, 6.45) is 1.57. The summed E-state index contributed by atoms with van der Waals surface area (Å²) in [5.41, 5.74) is 0.554. The van der Waals surface area contributed by atoms with Gasteiger partial charge in [0, 0.05) is 33.4 Å². The Balaban J connectivity index is 1.70. The molecule has 2 amide bonds. The first-order valence-electron chi connectivity index (χ1n) is 8.28. The molecule has 3 aromatic rings. The lowest BCUT2D eigenvalue weighted by molar-refractivity contribution is -0.119. The summed E-state index contributed by atoms with van der Waals surface area (Å²) >= 11 is 6.22. The van der Waals surface area contributed by atoms with E-state index in [1.54, 1.807) is 23.6 Å². The van der Waals surface area contributed by atoms with Gasteiger partial charge in [0.25, 0.3) is 5.56 Å². The molecule has 7 nitrogen and oxygen atoms in total. The van der Waals surface area contributed by atoms with Crippen LogP contribution in [0.1, 0.15) is 16.7 Å². The molecule has 3 rings (SSSR count). The third-order valence-corrected chi connectivity index (χ3v) is 6.16. The van der Waals surface area contributed by atoms with Crippen LogP contribution in [0, 0.1) is 6.92 Å². The molecule has 0 aliphatic heterocycles. The van der Waals surface area contributed by atoms with Crippen LogP contribution in [0.25, 0.3) is 10.6 Å². The number of carbonyl (C=O) groups excluding carboxylic acids is 2. The van der Waals surface area contributed by atoms with E-state index in [1.165, 1.54) is 28.9 Å². The van der Waals surface area contributed by atoms with Crippen molar-refractivity contribution in [1.29, 1.82) is 0 Å². The third kappa shape index (κ3) is 5.15. The highest BCUT2D eigenvalue weighted by Crippen LogP contribution is 2.34. The number of amides is 2. The summed E-state index contributed by atoms with van der Waals surface area (Å²) < 4.78 is 2.05. The van der Waals surface area contributed by atoms with Gasteiger partial charge in [0.1, 0.15) is 6.54 Å². The van der Waals surface area contributed by atoms with Crippen LogP contribution in [0.5, 0.6) is 0 Å². The van der Waals surface area contributed by atoms with E-state index < -0.39 is 0 Å². The van der Waals surface area contributed by atoms with Crippen LogP contribution in [0.3, 0.4) is 0 Å². The lowest BCUT2D eigenvalue weighted by atomic mass is 10.3. The minimum atomic E-state index is -0.321. The molecule has 0 atom stereocenters. The largest absolute Gasteiger partial charge is 0.351 e. The Morgan fingerprint density at radius 3 is 2.75 bits per heavy atom. The number of nitrogens with one attached hydrogen (secondary N) is 2. The topological polar surface area (TPSA) is 93.1 Å². The molecule has 0 bridgehead atoms. The number of carbonyl (C=O) groups is 2. The van der Waals surface area contributed by atoms with Crippen molar-refractivity contribution in [2.24, 2.45) is 0 Å². The smallest absolute Gasteiger partial charge is 0.251 e. The van der Waals surface area contributed by atoms with Crippen molar-refractivity contribution in [2.75, 3.05) is 5.32 Å². The molecule has 3 aromatic heterocycles. The van der Waals surface area contributed by atoms with Gasteiger partial charge in [-0.15, -0.1) is 22.7 Å². The molecule has 0 saturated heterocycles. The van der Waals surface area contributed by atoms with Crippen molar-refractivity contribution in [3.8, 4) is 10.6 Å². The summed E-state index contributed by atoms with van der Waals surface area (Å²) in [6.45, 7) is 3.81. The fraction of sp³-hybridized carbons (Fsp3) is 0.222. The molecule has 3 heterocycles. The van der Waals surface area contributed by atoms with E-state index in [-0.39, 0.29) is 23.9 Å². The van der Waals surface area contributed by atoms with Crippen LogP contribution >= 0.6 is 38.6 Å². The summed E-state index contributed by atoms with van der Waals surface area (Å²) in [5, 5.41) is 6.01. The Hall–Kier alpha value is -2.30. The molecule has 146 valence electrons. The Kier molecular flexibility index (Phi) is 6.42. The number of thiazole rings is 1. The zero-order valence-electron chi connectivity index (χ0n) is 15.1. The van der Waals surface area contributed by atoms with Crippen molar-refractivity contribution >= 4 is 55.5 Å². The van der Waals surface area contributed by atoms with Gasteiger partial charge in [0.05, 0.1) is 17.1 Å². The molecule has 28 heavy (non-hydrogen) atoms. The van der Waals surface area contributed by atoms with Crippen LogP contribution in [0.4, 0.5) is 5.13 Å². The van der Waals surface area contributed by atoms with Crippen LogP contribution in [-0.2, 0) is 22.7 Å². The van der Waals surface area contributed by atoms with Crippen molar-refractivity contribution < 1.29 is 9.59 Å². The number of nitrogens with zero attached hydrogens (tertiary/aromatic N) is 2.